The molecule has 1 unspecified atom stereocenters. The third kappa shape index (κ3) is 1.20. The average molecular weight is 153 g/mol. The van der Waals surface area contributed by atoms with Crippen LogP contribution in [-0.2, 0) is 4.79 Å². The van der Waals surface area contributed by atoms with Crippen molar-refractivity contribution in [3.8, 4) is 0 Å². The summed E-state index contributed by atoms with van der Waals surface area (Å²) in [6, 6.07) is 0.890. The molecule has 1 N–H and O–H groups in total. The molecule has 1 saturated carbocycles. The van der Waals surface area contributed by atoms with Gasteiger partial charge >= 0.3 is 0 Å². The highest BCUT2D eigenvalue weighted by Gasteiger charge is 2.47. The van der Waals surface area contributed by atoms with Gasteiger partial charge in [0.25, 0.3) is 0 Å². The van der Waals surface area contributed by atoms with E-state index in [0.717, 1.165) is 12.3 Å². The molecular formula is C9H15NO. The van der Waals surface area contributed by atoms with Crippen molar-refractivity contribution in [1.29, 1.82) is 0 Å². The molecule has 1 aliphatic carbocycles. The summed E-state index contributed by atoms with van der Waals surface area (Å²) in [4.78, 5) is 11.4. The minimum Gasteiger partial charge on any atom is -0.304 e. The van der Waals surface area contributed by atoms with Gasteiger partial charge in [0.15, 0.2) is 5.78 Å². The van der Waals surface area contributed by atoms with Crippen LogP contribution in [0.25, 0.3) is 0 Å². The van der Waals surface area contributed by atoms with Gasteiger partial charge in [0.1, 0.15) is 0 Å². The molecule has 3 atom stereocenters. The third-order valence-corrected chi connectivity index (χ3v) is 2.79. The van der Waals surface area contributed by atoms with Crippen LogP contribution in [0, 0.1) is 11.8 Å². The molecule has 0 bridgehead atoms. The Balaban J connectivity index is 1.92. The van der Waals surface area contributed by atoms with Gasteiger partial charge in [-0.05, 0) is 18.8 Å². The smallest absolute Gasteiger partial charge is 0.152 e. The summed E-state index contributed by atoms with van der Waals surface area (Å²) in [6.07, 6.45) is 2.41. The molecule has 1 aliphatic heterocycles. The summed E-state index contributed by atoms with van der Waals surface area (Å²) in [7, 11) is 0. The second kappa shape index (κ2) is 2.31. The predicted molar refractivity (Wildman–Crippen MR) is 43.3 cm³/mol. The molecule has 2 rings (SSSR count). The fraction of sp³-hybridized carbons (Fsp3) is 0.889. The summed E-state index contributed by atoms with van der Waals surface area (Å²) >= 11 is 0. The van der Waals surface area contributed by atoms with E-state index in [1.807, 2.05) is 13.8 Å². The van der Waals surface area contributed by atoms with Crippen LogP contribution in [0.5, 0.6) is 0 Å². The lowest BCUT2D eigenvalue weighted by Crippen LogP contribution is -2.36. The number of Topliss-reactive ketones (excluding diaryl/α,β-unsaturated/α-hetero) is 1. The Bertz CT molecular complexity index is 178. The van der Waals surface area contributed by atoms with Gasteiger partial charge in [-0.25, -0.2) is 0 Å². The zero-order chi connectivity index (χ0) is 8.01. The van der Waals surface area contributed by atoms with E-state index >= 15 is 0 Å². The summed E-state index contributed by atoms with van der Waals surface area (Å²) in [5.41, 5.74) is 0. The monoisotopic (exact) mass is 153 g/mol. The Kier molecular flexibility index (Phi) is 1.53. The average Bonchev–Trinajstić information content (AvgIpc) is 2.57. The number of ketones is 1. The molecule has 1 heterocycles. The van der Waals surface area contributed by atoms with Crippen LogP contribution in [-0.4, -0.2) is 17.9 Å². The van der Waals surface area contributed by atoms with Crippen LogP contribution in [0.4, 0.5) is 0 Å². The van der Waals surface area contributed by atoms with Gasteiger partial charge in [-0.2, -0.15) is 0 Å². The molecule has 11 heavy (non-hydrogen) atoms. The molecule has 0 spiro atoms. The second-order valence-corrected chi connectivity index (χ2v) is 4.11. The van der Waals surface area contributed by atoms with Crippen LogP contribution in [0.15, 0.2) is 0 Å². The largest absolute Gasteiger partial charge is 0.304 e. The van der Waals surface area contributed by atoms with Crippen LogP contribution in [0.2, 0.25) is 0 Å². The van der Waals surface area contributed by atoms with Crippen molar-refractivity contribution in [3.05, 3.63) is 0 Å². The van der Waals surface area contributed by atoms with E-state index in [4.69, 9.17) is 0 Å². The Morgan fingerprint density at radius 3 is 2.64 bits per heavy atom. The number of rotatable bonds is 2. The minimum atomic E-state index is 0.193. The van der Waals surface area contributed by atoms with Crippen LogP contribution >= 0.6 is 0 Å². The Morgan fingerprint density at radius 1 is 1.45 bits per heavy atom. The summed E-state index contributed by atoms with van der Waals surface area (Å²) in [5.74, 6) is 1.44. The van der Waals surface area contributed by atoms with Crippen molar-refractivity contribution in [2.75, 3.05) is 0 Å². The quantitative estimate of drug-likeness (QED) is 0.640. The van der Waals surface area contributed by atoms with Crippen LogP contribution in [0.1, 0.15) is 26.7 Å². The molecule has 0 aromatic carbocycles. The molecule has 2 nitrogen and oxygen atoms in total. The molecule has 0 amide bonds. The van der Waals surface area contributed by atoms with Crippen molar-refractivity contribution >= 4 is 5.78 Å². The molecule has 0 radical (unpaired) electrons. The Labute approximate surface area is 67.4 Å². The van der Waals surface area contributed by atoms with E-state index < -0.39 is 0 Å². The molecule has 0 aromatic heterocycles. The number of carbonyl (C=O) groups excluding carboxylic acids is 1. The van der Waals surface area contributed by atoms with E-state index in [-0.39, 0.29) is 12.0 Å². The van der Waals surface area contributed by atoms with Gasteiger partial charge in [0, 0.05) is 12.0 Å². The number of fused-ring (bicyclic) bond motifs is 1. The molecule has 1 saturated heterocycles. The number of nitrogens with one attached hydrogen (secondary N) is 1. The topological polar surface area (TPSA) is 29.1 Å². The second-order valence-electron chi connectivity index (χ2n) is 4.11. The molecule has 62 valence electrons. The van der Waals surface area contributed by atoms with Crippen LogP contribution < -0.4 is 5.32 Å². The van der Waals surface area contributed by atoms with Gasteiger partial charge in [-0.15, -0.1) is 0 Å². The van der Waals surface area contributed by atoms with E-state index in [9.17, 15) is 4.79 Å². The van der Waals surface area contributed by atoms with Gasteiger partial charge in [-0.3, -0.25) is 4.79 Å². The normalized spacial score (nSPS) is 40.8. The zero-order valence-corrected chi connectivity index (χ0v) is 7.13. The lowest BCUT2D eigenvalue weighted by Gasteiger charge is -2.13. The van der Waals surface area contributed by atoms with Crippen molar-refractivity contribution in [2.24, 2.45) is 11.8 Å². The minimum absolute atomic E-state index is 0.193. The molecular weight excluding hydrogens is 138 g/mol. The van der Waals surface area contributed by atoms with Gasteiger partial charge in [0.05, 0.1) is 6.04 Å². The van der Waals surface area contributed by atoms with Crippen molar-refractivity contribution < 1.29 is 4.79 Å². The zero-order valence-electron chi connectivity index (χ0n) is 7.13. The lowest BCUT2D eigenvalue weighted by molar-refractivity contribution is -0.123. The van der Waals surface area contributed by atoms with E-state index in [1.165, 1.54) is 6.42 Å². The Hall–Kier alpha value is -0.370. The predicted octanol–water partition coefficient (Wildman–Crippen LogP) is 0.962. The van der Waals surface area contributed by atoms with Crippen molar-refractivity contribution in [3.63, 3.8) is 0 Å². The first-order valence-corrected chi connectivity index (χ1v) is 4.48. The van der Waals surface area contributed by atoms with Crippen molar-refractivity contribution in [1.82, 2.24) is 5.32 Å². The fourth-order valence-corrected chi connectivity index (χ4v) is 1.94. The molecule has 2 fully saturated rings. The first kappa shape index (κ1) is 7.29. The van der Waals surface area contributed by atoms with Gasteiger partial charge in [0.2, 0.25) is 0 Å². The van der Waals surface area contributed by atoms with E-state index in [1.54, 1.807) is 0 Å². The number of hydrogen-bond acceptors (Lipinski definition) is 2. The summed E-state index contributed by atoms with van der Waals surface area (Å²) in [5, 5.41) is 3.36. The third-order valence-electron chi connectivity index (χ3n) is 2.79. The lowest BCUT2D eigenvalue weighted by atomic mass is 9.99. The van der Waals surface area contributed by atoms with Gasteiger partial charge in [-0.1, -0.05) is 13.8 Å². The maximum atomic E-state index is 11.4. The maximum Gasteiger partial charge on any atom is 0.152 e. The number of hydrogen-bond donors (Lipinski definition) is 1. The summed E-state index contributed by atoms with van der Waals surface area (Å²) < 4.78 is 0. The first-order chi connectivity index (χ1) is 5.18. The maximum absolute atomic E-state index is 11.4. The Morgan fingerprint density at radius 2 is 2.18 bits per heavy atom. The SMILES string of the molecule is CC(C)C(=O)[C@@H]1CC2C[C@@H]2N1. The standard InChI is InChI=1S/C9H15NO/c1-5(2)9(11)8-4-6-3-7(6)10-8/h5-8,10H,3-4H2,1-2H3/t6?,7-,8-/m0/s1. The molecule has 0 aromatic rings. The van der Waals surface area contributed by atoms with Crippen LogP contribution in [0.3, 0.4) is 0 Å². The highest BCUT2D eigenvalue weighted by Crippen LogP contribution is 2.41. The highest BCUT2D eigenvalue weighted by molar-refractivity contribution is 5.86. The van der Waals surface area contributed by atoms with Gasteiger partial charge < -0.3 is 5.32 Å². The van der Waals surface area contributed by atoms with Crippen molar-refractivity contribution in [2.45, 2.75) is 38.8 Å². The summed E-state index contributed by atoms with van der Waals surface area (Å²) in [6.45, 7) is 3.96. The first-order valence-electron chi connectivity index (χ1n) is 4.48. The van der Waals surface area contributed by atoms with E-state index in [0.29, 0.717) is 11.8 Å². The number of piperidine rings is 1. The highest BCUT2D eigenvalue weighted by atomic mass is 16.1. The van der Waals surface area contributed by atoms with E-state index in [2.05, 4.69) is 5.32 Å². The fourth-order valence-electron chi connectivity index (χ4n) is 1.94. The number of carbonyl (C=O) groups is 1. The molecule has 2 aliphatic rings. The molecule has 2 heteroatoms.